The molecule has 0 bridgehead atoms. The Morgan fingerprint density at radius 2 is 2.27 bits per heavy atom. The third-order valence-electron chi connectivity index (χ3n) is 1.43. The smallest absolute Gasteiger partial charge is 0.183 e. The van der Waals surface area contributed by atoms with E-state index in [2.05, 4.69) is 26.1 Å². The Kier molecular flexibility index (Phi) is 1.63. The van der Waals surface area contributed by atoms with Crippen LogP contribution in [0.4, 0.5) is 5.82 Å². The summed E-state index contributed by atoms with van der Waals surface area (Å²) in [6, 6.07) is 0. The number of fused-ring (bicyclic) bond motifs is 1. The van der Waals surface area contributed by atoms with Gasteiger partial charge in [-0.1, -0.05) is 0 Å². The van der Waals surface area contributed by atoms with Gasteiger partial charge in [0.1, 0.15) is 5.82 Å². The molecule has 0 saturated heterocycles. The van der Waals surface area contributed by atoms with Gasteiger partial charge in [-0.15, -0.1) is 0 Å². The maximum atomic E-state index is 4.39. The standard InChI is InChI=1S/C7H8IN3/c1-4-3-6-7(11-8-4)10-5(2)9-6/h3H,1-2H3,(H,9,10,11). The number of imidazole rings is 1. The summed E-state index contributed by atoms with van der Waals surface area (Å²) in [6.45, 7) is 4.07. The molecule has 1 aliphatic rings. The molecule has 2 rings (SSSR count). The fourth-order valence-corrected chi connectivity index (χ4v) is 2.42. The number of allylic oxidation sites excluding steroid dienone is 1. The van der Waals surface area contributed by atoms with Crippen LogP contribution in [0.3, 0.4) is 0 Å². The van der Waals surface area contributed by atoms with Crippen molar-refractivity contribution in [2.45, 2.75) is 13.8 Å². The summed E-state index contributed by atoms with van der Waals surface area (Å²) >= 11 is -0.120. The lowest BCUT2D eigenvalue weighted by Crippen LogP contribution is -1.75. The van der Waals surface area contributed by atoms with Crippen molar-refractivity contribution in [1.29, 1.82) is 0 Å². The van der Waals surface area contributed by atoms with Crippen molar-refractivity contribution < 1.29 is 0 Å². The lowest BCUT2D eigenvalue weighted by molar-refractivity contribution is 1.14. The van der Waals surface area contributed by atoms with Crippen LogP contribution in [0.5, 0.6) is 0 Å². The molecule has 0 saturated carbocycles. The third-order valence-corrected chi connectivity index (χ3v) is 3.20. The van der Waals surface area contributed by atoms with Crippen molar-refractivity contribution in [3.05, 3.63) is 15.1 Å². The van der Waals surface area contributed by atoms with E-state index in [-0.39, 0.29) is 21.0 Å². The molecule has 0 atom stereocenters. The quantitative estimate of drug-likeness (QED) is 0.717. The zero-order chi connectivity index (χ0) is 7.84. The van der Waals surface area contributed by atoms with E-state index in [1.165, 1.54) is 3.58 Å². The summed E-state index contributed by atoms with van der Waals surface area (Å²) < 4.78 is 5.78. The molecule has 0 fully saturated rings. The van der Waals surface area contributed by atoms with Gasteiger partial charge in [-0.25, -0.2) is 4.98 Å². The molecule has 1 aromatic heterocycles. The van der Waals surface area contributed by atoms with Crippen LogP contribution in [0.1, 0.15) is 18.4 Å². The molecule has 3 nitrogen and oxygen atoms in total. The molecule has 11 heavy (non-hydrogen) atoms. The van der Waals surface area contributed by atoms with E-state index in [4.69, 9.17) is 0 Å². The van der Waals surface area contributed by atoms with E-state index in [0.717, 1.165) is 17.3 Å². The number of aromatic nitrogens is 2. The Hall–Kier alpha value is -0.520. The summed E-state index contributed by atoms with van der Waals surface area (Å²) in [5.74, 6) is 1.86. The number of halogens is 1. The summed E-state index contributed by atoms with van der Waals surface area (Å²) in [7, 11) is 0. The first-order chi connectivity index (χ1) is 5.25. The average molecular weight is 261 g/mol. The predicted molar refractivity (Wildman–Crippen MR) is 53.1 cm³/mol. The van der Waals surface area contributed by atoms with Gasteiger partial charge in [0.2, 0.25) is 0 Å². The lowest BCUT2D eigenvalue weighted by atomic mass is 10.4. The molecule has 0 aliphatic carbocycles. The van der Waals surface area contributed by atoms with Crippen molar-refractivity contribution in [2.24, 2.45) is 3.15 Å². The van der Waals surface area contributed by atoms with Crippen LogP contribution in [-0.2, 0) is 0 Å². The van der Waals surface area contributed by atoms with Crippen LogP contribution >= 0.6 is 21.0 Å². The molecule has 58 valence electrons. The Morgan fingerprint density at radius 3 is 3.09 bits per heavy atom. The minimum Gasteiger partial charge on any atom is -0.341 e. The van der Waals surface area contributed by atoms with Gasteiger partial charge in [-0.3, -0.25) is 0 Å². The van der Waals surface area contributed by atoms with Crippen molar-refractivity contribution in [1.82, 2.24) is 9.97 Å². The first-order valence-corrected chi connectivity index (χ1v) is 5.40. The van der Waals surface area contributed by atoms with Crippen molar-refractivity contribution >= 4 is 32.9 Å². The highest BCUT2D eigenvalue weighted by Gasteiger charge is 2.07. The second-order valence-corrected chi connectivity index (χ2v) is 5.13. The summed E-state index contributed by atoms with van der Waals surface area (Å²) in [4.78, 5) is 7.41. The topological polar surface area (TPSA) is 41.0 Å². The molecule has 0 radical (unpaired) electrons. The molecule has 0 aromatic carbocycles. The number of rotatable bonds is 0. The fourth-order valence-electron chi connectivity index (χ4n) is 0.993. The molecule has 1 N–H and O–H groups in total. The molecular formula is C7H8IN3. The number of nitrogens with zero attached hydrogens (tertiary/aromatic N) is 2. The Bertz CT molecular complexity index is 349. The van der Waals surface area contributed by atoms with E-state index < -0.39 is 0 Å². The van der Waals surface area contributed by atoms with Crippen LogP contribution in [0, 0.1) is 6.92 Å². The minimum atomic E-state index is -0.120. The highest BCUT2D eigenvalue weighted by molar-refractivity contribution is 14.2. The molecule has 1 aliphatic heterocycles. The second-order valence-electron chi connectivity index (χ2n) is 2.46. The van der Waals surface area contributed by atoms with Gasteiger partial charge in [0, 0.05) is 24.6 Å². The minimum absolute atomic E-state index is 0.120. The zero-order valence-electron chi connectivity index (χ0n) is 6.35. The van der Waals surface area contributed by atoms with Gasteiger partial charge in [0.05, 0.1) is 5.69 Å². The maximum absolute atomic E-state index is 4.39. The molecular weight excluding hydrogens is 253 g/mol. The zero-order valence-corrected chi connectivity index (χ0v) is 8.51. The monoisotopic (exact) mass is 261 g/mol. The van der Waals surface area contributed by atoms with E-state index in [0.29, 0.717) is 0 Å². The van der Waals surface area contributed by atoms with Gasteiger partial charge in [-0.05, 0) is 19.9 Å². The number of hydrogen-bond acceptors (Lipinski definition) is 2. The van der Waals surface area contributed by atoms with E-state index in [1.807, 2.05) is 6.92 Å². The first-order valence-electron chi connectivity index (χ1n) is 3.36. The lowest BCUT2D eigenvalue weighted by Gasteiger charge is -1.96. The molecule has 0 unspecified atom stereocenters. The number of aryl methyl sites for hydroxylation is 1. The van der Waals surface area contributed by atoms with Crippen LogP contribution in [0.2, 0.25) is 0 Å². The van der Waals surface area contributed by atoms with E-state index in [9.17, 15) is 0 Å². The SMILES string of the molecule is CC1=Cc2[nH]c(C)nc2N=I1. The van der Waals surface area contributed by atoms with E-state index >= 15 is 0 Å². The summed E-state index contributed by atoms with van der Waals surface area (Å²) in [5, 5.41) is 0. The van der Waals surface area contributed by atoms with Gasteiger partial charge in [0.25, 0.3) is 0 Å². The van der Waals surface area contributed by atoms with Crippen LogP contribution in [-0.4, -0.2) is 9.97 Å². The van der Waals surface area contributed by atoms with Gasteiger partial charge in [-0.2, -0.15) is 3.15 Å². The average Bonchev–Trinajstić information content (AvgIpc) is 2.27. The largest absolute Gasteiger partial charge is 0.341 e. The molecule has 4 heteroatoms. The Labute approximate surface area is 75.1 Å². The predicted octanol–water partition coefficient (Wildman–Crippen LogP) is 2.88. The van der Waals surface area contributed by atoms with Gasteiger partial charge < -0.3 is 4.98 Å². The highest BCUT2D eigenvalue weighted by Crippen LogP contribution is 2.32. The van der Waals surface area contributed by atoms with Crippen molar-refractivity contribution in [3.8, 4) is 0 Å². The summed E-state index contributed by atoms with van der Waals surface area (Å²) in [6.07, 6.45) is 2.15. The van der Waals surface area contributed by atoms with Crippen LogP contribution in [0.25, 0.3) is 6.08 Å². The highest BCUT2D eigenvalue weighted by atomic mass is 127. The maximum Gasteiger partial charge on any atom is 0.183 e. The van der Waals surface area contributed by atoms with Crippen molar-refractivity contribution in [3.63, 3.8) is 0 Å². The number of H-pyrrole nitrogens is 1. The third kappa shape index (κ3) is 1.26. The molecule has 2 heterocycles. The number of hydrogen-bond donors (Lipinski definition) is 1. The first kappa shape index (κ1) is 7.15. The Morgan fingerprint density at radius 1 is 1.45 bits per heavy atom. The number of aromatic amines is 1. The van der Waals surface area contributed by atoms with Gasteiger partial charge in [0.15, 0.2) is 5.82 Å². The van der Waals surface area contributed by atoms with E-state index in [1.54, 1.807) is 0 Å². The van der Waals surface area contributed by atoms with Crippen molar-refractivity contribution in [2.75, 3.05) is 0 Å². The Balaban J connectivity index is 2.60. The summed E-state index contributed by atoms with van der Waals surface area (Å²) in [5.41, 5.74) is 1.07. The van der Waals surface area contributed by atoms with Crippen LogP contribution in [0.15, 0.2) is 6.72 Å². The molecule has 1 aromatic rings. The van der Waals surface area contributed by atoms with Gasteiger partial charge >= 0.3 is 0 Å². The molecule has 0 spiro atoms. The molecule has 0 amide bonds. The van der Waals surface area contributed by atoms with Crippen LogP contribution < -0.4 is 0 Å². The normalized spacial score (nSPS) is 15.3. The number of nitrogens with one attached hydrogen (secondary N) is 1. The fraction of sp³-hybridized carbons (Fsp3) is 0.286. The second kappa shape index (κ2) is 2.51.